The molecule has 0 saturated carbocycles. The molecule has 4 nitrogen and oxygen atoms in total. The molecule has 0 unspecified atom stereocenters. The summed E-state index contributed by atoms with van der Waals surface area (Å²) in [5.41, 5.74) is 1.51. The van der Waals surface area contributed by atoms with Crippen LogP contribution in [0, 0.1) is 6.92 Å². The molecule has 1 aromatic rings. The maximum Gasteiger partial charge on any atom is 0.255 e. The normalized spacial score (nSPS) is 22.3. The van der Waals surface area contributed by atoms with Crippen molar-refractivity contribution in [1.29, 1.82) is 0 Å². The second-order valence-electron chi connectivity index (χ2n) is 5.77. The molecule has 1 aromatic carbocycles. The highest BCUT2D eigenvalue weighted by molar-refractivity contribution is 5.97. The van der Waals surface area contributed by atoms with Crippen molar-refractivity contribution in [3.05, 3.63) is 29.3 Å². The lowest BCUT2D eigenvalue weighted by Crippen LogP contribution is -2.52. The van der Waals surface area contributed by atoms with Gasteiger partial charge < -0.3 is 15.0 Å². The molecule has 1 saturated heterocycles. The van der Waals surface area contributed by atoms with Crippen LogP contribution in [0.15, 0.2) is 18.2 Å². The highest BCUT2D eigenvalue weighted by Gasteiger charge is 2.39. The highest BCUT2D eigenvalue weighted by Crippen LogP contribution is 2.32. The fourth-order valence-electron chi connectivity index (χ4n) is 2.82. The fraction of sp³-hybridized carbons (Fsp3) is 0.533. The number of aryl methyl sites for hydroxylation is 1. The van der Waals surface area contributed by atoms with Gasteiger partial charge >= 0.3 is 0 Å². The first kappa shape index (κ1) is 12.5. The Balaban J connectivity index is 1.93. The number of ether oxygens (including phenoxy) is 1. The van der Waals surface area contributed by atoms with Crippen LogP contribution in [-0.4, -0.2) is 43.1 Å². The molecule has 19 heavy (non-hydrogen) atoms. The van der Waals surface area contributed by atoms with Crippen molar-refractivity contribution in [1.82, 2.24) is 10.2 Å². The van der Waals surface area contributed by atoms with E-state index in [1.54, 1.807) is 0 Å². The number of likely N-dealkylation sites (tertiary alicyclic amines) is 1. The van der Waals surface area contributed by atoms with Gasteiger partial charge in [0.05, 0.1) is 12.1 Å². The lowest BCUT2D eigenvalue weighted by atomic mass is 9.91. The number of rotatable bonds is 0. The van der Waals surface area contributed by atoms with Crippen molar-refractivity contribution in [2.24, 2.45) is 0 Å². The second-order valence-corrected chi connectivity index (χ2v) is 5.77. The monoisotopic (exact) mass is 260 g/mol. The number of hydrogen-bond donors (Lipinski definition) is 1. The average molecular weight is 260 g/mol. The molecule has 2 aliphatic heterocycles. The Bertz CT molecular complexity index is 505. The first-order valence-corrected chi connectivity index (χ1v) is 6.84. The largest absolute Gasteiger partial charge is 0.485 e. The molecule has 1 N–H and O–H groups in total. The Morgan fingerprint density at radius 3 is 2.79 bits per heavy atom. The third-order valence-electron chi connectivity index (χ3n) is 4.18. The molecule has 4 heteroatoms. The van der Waals surface area contributed by atoms with E-state index in [0.717, 1.165) is 37.2 Å². The molecule has 2 aliphatic rings. The SMILES string of the molecule is Cc1ccc2c(c1)C(=O)NCC1(CCN(C)CC1)O2. The van der Waals surface area contributed by atoms with Crippen LogP contribution in [0.25, 0.3) is 0 Å². The van der Waals surface area contributed by atoms with Gasteiger partial charge in [0.1, 0.15) is 11.4 Å². The summed E-state index contributed by atoms with van der Waals surface area (Å²) in [6.07, 6.45) is 1.91. The van der Waals surface area contributed by atoms with Crippen LogP contribution in [0.4, 0.5) is 0 Å². The van der Waals surface area contributed by atoms with Crippen molar-refractivity contribution in [3.63, 3.8) is 0 Å². The minimum absolute atomic E-state index is 0.0190. The number of carbonyl (C=O) groups is 1. The number of hydrogen-bond acceptors (Lipinski definition) is 3. The van der Waals surface area contributed by atoms with Gasteiger partial charge in [-0.1, -0.05) is 11.6 Å². The van der Waals surface area contributed by atoms with Crippen molar-refractivity contribution in [2.45, 2.75) is 25.4 Å². The molecule has 0 aromatic heterocycles. The summed E-state index contributed by atoms with van der Waals surface area (Å²) in [6, 6.07) is 5.83. The van der Waals surface area contributed by atoms with Crippen LogP contribution in [0.5, 0.6) is 5.75 Å². The predicted octanol–water partition coefficient (Wildman–Crippen LogP) is 1.58. The van der Waals surface area contributed by atoms with Gasteiger partial charge in [0, 0.05) is 25.9 Å². The van der Waals surface area contributed by atoms with Gasteiger partial charge in [-0.15, -0.1) is 0 Å². The second kappa shape index (κ2) is 4.53. The molecule has 0 bridgehead atoms. The standard InChI is InChI=1S/C15H20N2O2/c1-11-3-4-13-12(9-11)14(18)16-10-15(19-13)5-7-17(2)8-6-15/h3-4,9H,5-8,10H2,1-2H3,(H,16,18). The quantitative estimate of drug-likeness (QED) is 0.770. The number of benzene rings is 1. The topological polar surface area (TPSA) is 41.6 Å². The maximum absolute atomic E-state index is 12.1. The summed E-state index contributed by atoms with van der Waals surface area (Å²) in [6.45, 7) is 4.62. The zero-order valence-electron chi connectivity index (χ0n) is 11.5. The van der Waals surface area contributed by atoms with E-state index in [0.29, 0.717) is 12.1 Å². The minimum atomic E-state index is -0.233. The number of fused-ring (bicyclic) bond motifs is 1. The molecule has 1 fully saturated rings. The molecule has 1 spiro atoms. The number of amides is 1. The van der Waals surface area contributed by atoms with E-state index in [4.69, 9.17) is 4.74 Å². The first-order valence-electron chi connectivity index (χ1n) is 6.84. The molecule has 0 aliphatic carbocycles. The van der Waals surface area contributed by atoms with Gasteiger partial charge in [-0.2, -0.15) is 0 Å². The molecular weight excluding hydrogens is 240 g/mol. The third-order valence-corrected chi connectivity index (χ3v) is 4.18. The van der Waals surface area contributed by atoms with Crippen molar-refractivity contribution in [2.75, 3.05) is 26.7 Å². The summed E-state index contributed by atoms with van der Waals surface area (Å²) >= 11 is 0. The van der Waals surface area contributed by atoms with Gasteiger partial charge in [0.2, 0.25) is 0 Å². The summed E-state index contributed by atoms with van der Waals surface area (Å²) in [7, 11) is 2.12. The van der Waals surface area contributed by atoms with Crippen LogP contribution < -0.4 is 10.1 Å². The zero-order chi connectivity index (χ0) is 13.5. The van der Waals surface area contributed by atoms with E-state index in [1.165, 1.54) is 0 Å². The molecular formula is C15H20N2O2. The van der Waals surface area contributed by atoms with E-state index in [-0.39, 0.29) is 11.5 Å². The highest BCUT2D eigenvalue weighted by atomic mass is 16.5. The Morgan fingerprint density at radius 1 is 1.32 bits per heavy atom. The molecule has 3 rings (SSSR count). The van der Waals surface area contributed by atoms with Gasteiger partial charge in [-0.05, 0) is 26.1 Å². The number of nitrogens with zero attached hydrogens (tertiary/aromatic N) is 1. The van der Waals surface area contributed by atoms with E-state index < -0.39 is 0 Å². The lowest BCUT2D eigenvalue weighted by Gasteiger charge is -2.39. The van der Waals surface area contributed by atoms with Crippen LogP contribution >= 0.6 is 0 Å². The molecule has 0 atom stereocenters. The summed E-state index contributed by atoms with van der Waals surface area (Å²) in [4.78, 5) is 14.4. The van der Waals surface area contributed by atoms with Crippen LogP contribution in [-0.2, 0) is 0 Å². The lowest BCUT2D eigenvalue weighted by molar-refractivity contribution is 0.0127. The number of carbonyl (C=O) groups excluding carboxylic acids is 1. The number of nitrogens with one attached hydrogen (secondary N) is 1. The van der Waals surface area contributed by atoms with E-state index in [1.807, 2.05) is 25.1 Å². The average Bonchev–Trinajstić information content (AvgIpc) is 2.53. The van der Waals surface area contributed by atoms with Crippen molar-refractivity contribution < 1.29 is 9.53 Å². The van der Waals surface area contributed by atoms with E-state index in [2.05, 4.69) is 17.3 Å². The van der Waals surface area contributed by atoms with Gasteiger partial charge in [-0.25, -0.2) is 0 Å². The molecule has 0 radical (unpaired) electrons. The smallest absolute Gasteiger partial charge is 0.255 e. The summed E-state index contributed by atoms with van der Waals surface area (Å²) in [5, 5.41) is 3.02. The van der Waals surface area contributed by atoms with Crippen LogP contribution in [0.1, 0.15) is 28.8 Å². The number of piperidine rings is 1. The Hall–Kier alpha value is -1.55. The Kier molecular flexibility index (Phi) is 2.97. The van der Waals surface area contributed by atoms with E-state index >= 15 is 0 Å². The van der Waals surface area contributed by atoms with Crippen LogP contribution in [0.3, 0.4) is 0 Å². The summed E-state index contributed by atoms with van der Waals surface area (Å²) in [5.74, 6) is 0.708. The molecule has 2 heterocycles. The first-order chi connectivity index (χ1) is 9.08. The Labute approximate surface area is 113 Å². The van der Waals surface area contributed by atoms with E-state index in [9.17, 15) is 4.79 Å². The van der Waals surface area contributed by atoms with Crippen LogP contribution in [0.2, 0.25) is 0 Å². The minimum Gasteiger partial charge on any atom is -0.485 e. The predicted molar refractivity (Wildman–Crippen MR) is 73.6 cm³/mol. The van der Waals surface area contributed by atoms with Gasteiger partial charge in [0.25, 0.3) is 5.91 Å². The third kappa shape index (κ3) is 2.32. The Morgan fingerprint density at radius 2 is 2.05 bits per heavy atom. The fourth-order valence-corrected chi connectivity index (χ4v) is 2.82. The van der Waals surface area contributed by atoms with Gasteiger partial charge in [-0.3, -0.25) is 4.79 Å². The summed E-state index contributed by atoms with van der Waals surface area (Å²) < 4.78 is 6.25. The van der Waals surface area contributed by atoms with Gasteiger partial charge in [0.15, 0.2) is 0 Å². The molecule has 102 valence electrons. The molecule has 1 amide bonds. The maximum atomic E-state index is 12.1. The zero-order valence-corrected chi connectivity index (χ0v) is 11.5. The van der Waals surface area contributed by atoms with Crippen molar-refractivity contribution >= 4 is 5.91 Å². The van der Waals surface area contributed by atoms with Crippen molar-refractivity contribution in [3.8, 4) is 5.75 Å².